The summed E-state index contributed by atoms with van der Waals surface area (Å²) < 4.78 is 10.8. The molecule has 0 unspecified atom stereocenters. The van der Waals surface area contributed by atoms with Gasteiger partial charge < -0.3 is 9.47 Å². The first kappa shape index (κ1) is 20.1. The minimum absolute atomic E-state index is 0.124. The third-order valence-electron chi connectivity index (χ3n) is 6.03. The lowest BCUT2D eigenvalue weighted by molar-refractivity contribution is -0.122. The quantitative estimate of drug-likeness (QED) is 0.537. The number of nitrogens with zero attached hydrogens (tertiary/aromatic N) is 1. The van der Waals surface area contributed by atoms with Gasteiger partial charge in [-0.15, -0.1) is 0 Å². The van der Waals surface area contributed by atoms with Crippen LogP contribution in [0.2, 0.25) is 0 Å². The summed E-state index contributed by atoms with van der Waals surface area (Å²) in [6.45, 7) is 1.98. The summed E-state index contributed by atoms with van der Waals surface area (Å²) in [4.78, 5) is 39.5. The van der Waals surface area contributed by atoms with Crippen LogP contribution >= 0.6 is 0 Å². The van der Waals surface area contributed by atoms with Gasteiger partial charge in [0.1, 0.15) is 11.5 Å². The van der Waals surface area contributed by atoms with Crippen LogP contribution in [-0.4, -0.2) is 31.3 Å². The van der Waals surface area contributed by atoms with E-state index in [0.29, 0.717) is 28.7 Å². The van der Waals surface area contributed by atoms with Gasteiger partial charge in [0.15, 0.2) is 12.4 Å². The first-order valence-corrected chi connectivity index (χ1v) is 10.3. The molecule has 0 aromatic heterocycles. The molecule has 1 saturated carbocycles. The highest BCUT2D eigenvalue weighted by Crippen LogP contribution is 2.42. The van der Waals surface area contributed by atoms with E-state index in [1.54, 1.807) is 55.6 Å². The van der Waals surface area contributed by atoms with Crippen LogP contribution in [0.5, 0.6) is 11.5 Å². The maximum Gasteiger partial charge on any atom is 0.237 e. The lowest BCUT2D eigenvalue weighted by atomic mass is 9.76. The van der Waals surface area contributed by atoms with Crippen molar-refractivity contribution in [2.45, 2.75) is 26.2 Å². The van der Waals surface area contributed by atoms with Crippen molar-refractivity contribution in [1.29, 1.82) is 0 Å². The van der Waals surface area contributed by atoms with E-state index in [-0.39, 0.29) is 36.0 Å². The van der Waals surface area contributed by atoms with Gasteiger partial charge in [-0.2, -0.15) is 0 Å². The molecule has 1 aliphatic carbocycles. The fourth-order valence-electron chi connectivity index (χ4n) is 4.39. The van der Waals surface area contributed by atoms with Gasteiger partial charge in [0, 0.05) is 11.6 Å². The number of carbonyl (C=O) groups is 3. The zero-order valence-electron chi connectivity index (χ0n) is 17.2. The Hall–Kier alpha value is -3.15. The van der Waals surface area contributed by atoms with E-state index in [9.17, 15) is 14.4 Å². The molecule has 6 nitrogen and oxygen atoms in total. The van der Waals surface area contributed by atoms with Gasteiger partial charge in [0.05, 0.1) is 24.6 Å². The number of Topliss-reactive ketones (excluding diaryl/α,β-unsaturated/α-hetero) is 1. The molecule has 4 rings (SSSR count). The summed E-state index contributed by atoms with van der Waals surface area (Å²) in [5.74, 6) is 0.626. The van der Waals surface area contributed by atoms with Crippen LogP contribution in [0.15, 0.2) is 48.5 Å². The zero-order valence-corrected chi connectivity index (χ0v) is 17.2. The normalized spacial score (nSPS) is 23.3. The number of methoxy groups -OCH3 is 1. The summed E-state index contributed by atoms with van der Waals surface area (Å²) in [6, 6.07) is 13.7. The standard InChI is InChI=1S/C24H25NO5/c1-15-9-10-20-21(11-15)24(28)25(23(20)27)17-6-4-8-19(13-17)30-14-22(26)16-5-3-7-18(12-16)29-2/h3-8,12-13,15,20-21H,9-11,14H2,1-2H3/t15-,20+,21-/m0/s1. The number of rotatable bonds is 6. The maximum atomic E-state index is 12.9. The molecule has 1 aliphatic heterocycles. The van der Waals surface area contributed by atoms with Crippen LogP contribution in [0, 0.1) is 17.8 Å². The Morgan fingerprint density at radius 3 is 2.53 bits per heavy atom. The molecule has 156 valence electrons. The first-order valence-electron chi connectivity index (χ1n) is 10.3. The van der Waals surface area contributed by atoms with Crippen molar-refractivity contribution in [2.75, 3.05) is 18.6 Å². The van der Waals surface area contributed by atoms with Gasteiger partial charge in [-0.3, -0.25) is 14.4 Å². The van der Waals surface area contributed by atoms with Crippen molar-refractivity contribution in [3.8, 4) is 11.5 Å². The van der Waals surface area contributed by atoms with Crippen LogP contribution in [0.1, 0.15) is 36.5 Å². The van der Waals surface area contributed by atoms with Crippen LogP contribution in [0.25, 0.3) is 0 Å². The summed E-state index contributed by atoms with van der Waals surface area (Å²) >= 11 is 0. The summed E-state index contributed by atoms with van der Waals surface area (Å²) in [5, 5.41) is 0. The smallest absolute Gasteiger partial charge is 0.237 e. The van der Waals surface area contributed by atoms with Crippen molar-refractivity contribution in [3.63, 3.8) is 0 Å². The Balaban J connectivity index is 1.47. The first-order chi connectivity index (χ1) is 14.5. The number of hydrogen-bond donors (Lipinski definition) is 0. The van der Waals surface area contributed by atoms with E-state index in [0.717, 1.165) is 19.3 Å². The highest BCUT2D eigenvalue weighted by Gasteiger charge is 2.50. The second-order valence-electron chi connectivity index (χ2n) is 8.08. The topological polar surface area (TPSA) is 72.9 Å². The van der Waals surface area contributed by atoms with E-state index < -0.39 is 0 Å². The SMILES string of the molecule is COc1cccc(C(=O)COc2cccc(N3C(=O)[C@H]4C[C@@H](C)CC[C@H]4C3=O)c2)c1. The maximum absolute atomic E-state index is 12.9. The van der Waals surface area contributed by atoms with E-state index in [4.69, 9.17) is 9.47 Å². The Morgan fingerprint density at radius 1 is 1.00 bits per heavy atom. The van der Waals surface area contributed by atoms with Crippen LogP contribution in [0.3, 0.4) is 0 Å². The molecule has 3 atom stereocenters. The number of ether oxygens (including phenoxy) is 2. The summed E-state index contributed by atoms with van der Waals surface area (Å²) in [5.41, 5.74) is 0.993. The Labute approximate surface area is 175 Å². The summed E-state index contributed by atoms with van der Waals surface area (Å²) in [7, 11) is 1.54. The predicted molar refractivity (Wildman–Crippen MR) is 112 cm³/mol. The van der Waals surface area contributed by atoms with Gasteiger partial charge in [-0.25, -0.2) is 4.90 Å². The van der Waals surface area contributed by atoms with Gasteiger partial charge >= 0.3 is 0 Å². The fraction of sp³-hybridized carbons (Fsp3) is 0.375. The molecule has 1 saturated heterocycles. The predicted octanol–water partition coefficient (Wildman–Crippen LogP) is 3.88. The molecule has 2 aromatic carbocycles. The van der Waals surface area contributed by atoms with Crippen LogP contribution in [0.4, 0.5) is 5.69 Å². The molecule has 30 heavy (non-hydrogen) atoms. The Morgan fingerprint density at radius 2 is 1.73 bits per heavy atom. The Bertz CT molecular complexity index is 985. The molecular weight excluding hydrogens is 382 g/mol. The molecule has 2 fully saturated rings. The highest BCUT2D eigenvalue weighted by molar-refractivity contribution is 6.22. The number of fused-ring (bicyclic) bond motifs is 1. The molecule has 0 bridgehead atoms. The molecule has 2 aliphatic rings. The monoisotopic (exact) mass is 407 g/mol. The molecule has 0 N–H and O–H groups in total. The molecule has 0 spiro atoms. The number of imide groups is 1. The lowest BCUT2D eigenvalue weighted by Crippen LogP contribution is -2.30. The number of carbonyl (C=O) groups excluding carboxylic acids is 3. The van der Waals surface area contributed by atoms with Gasteiger partial charge in [0.25, 0.3) is 0 Å². The molecule has 1 heterocycles. The molecule has 0 radical (unpaired) electrons. The average Bonchev–Trinajstić information content (AvgIpc) is 3.01. The van der Waals surface area contributed by atoms with E-state index >= 15 is 0 Å². The zero-order chi connectivity index (χ0) is 21.3. The van der Waals surface area contributed by atoms with Gasteiger partial charge in [0.2, 0.25) is 11.8 Å². The Kier molecular flexibility index (Phi) is 5.57. The highest BCUT2D eigenvalue weighted by atomic mass is 16.5. The molecule has 6 heteroatoms. The second kappa shape index (κ2) is 8.30. The minimum Gasteiger partial charge on any atom is -0.497 e. The minimum atomic E-state index is -0.222. The van der Waals surface area contributed by atoms with E-state index in [2.05, 4.69) is 6.92 Å². The van der Waals surface area contributed by atoms with Crippen molar-refractivity contribution in [1.82, 2.24) is 0 Å². The lowest BCUT2D eigenvalue weighted by Gasteiger charge is -2.25. The van der Waals surface area contributed by atoms with E-state index in [1.807, 2.05) is 0 Å². The summed E-state index contributed by atoms with van der Waals surface area (Å²) in [6.07, 6.45) is 2.50. The fourth-order valence-corrected chi connectivity index (χ4v) is 4.39. The third-order valence-corrected chi connectivity index (χ3v) is 6.03. The van der Waals surface area contributed by atoms with Gasteiger partial charge in [-0.1, -0.05) is 25.1 Å². The van der Waals surface area contributed by atoms with E-state index in [1.165, 1.54) is 4.90 Å². The van der Waals surface area contributed by atoms with Crippen molar-refractivity contribution < 1.29 is 23.9 Å². The number of amides is 2. The number of benzene rings is 2. The number of ketones is 1. The second-order valence-corrected chi connectivity index (χ2v) is 8.08. The van der Waals surface area contributed by atoms with Gasteiger partial charge in [-0.05, 0) is 49.4 Å². The van der Waals surface area contributed by atoms with Crippen molar-refractivity contribution in [3.05, 3.63) is 54.1 Å². The average molecular weight is 407 g/mol. The van der Waals surface area contributed by atoms with Crippen molar-refractivity contribution >= 4 is 23.3 Å². The largest absolute Gasteiger partial charge is 0.497 e. The molecular formula is C24H25NO5. The number of anilines is 1. The van der Waals surface area contributed by atoms with Crippen molar-refractivity contribution in [2.24, 2.45) is 17.8 Å². The molecule has 2 amide bonds. The number of hydrogen-bond acceptors (Lipinski definition) is 5. The van der Waals surface area contributed by atoms with Crippen LogP contribution in [-0.2, 0) is 9.59 Å². The third kappa shape index (κ3) is 3.82. The van der Waals surface area contributed by atoms with Crippen LogP contribution < -0.4 is 14.4 Å². The molecule has 2 aromatic rings.